The monoisotopic (exact) mass is 378 g/mol. The Labute approximate surface area is 158 Å². The van der Waals surface area contributed by atoms with Gasteiger partial charge in [-0.05, 0) is 61.3 Å². The van der Waals surface area contributed by atoms with E-state index in [2.05, 4.69) is 22.8 Å². The predicted octanol–water partition coefficient (Wildman–Crippen LogP) is 3.33. The van der Waals surface area contributed by atoms with Crippen LogP contribution >= 0.6 is 23.5 Å². The summed E-state index contributed by atoms with van der Waals surface area (Å²) in [5.74, 6) is 3.26. The summed E-state index contributed by atoms with van der Waals surface area (Å²) in [5, 5.41) is 6.74. The van der Waals surface area contributed by atoms with Gasteiger partial charge in [0.2, 0.25) is 0 Å². The van der Waals surface area contributed by atoms with E-state index in [4.69, 9.17) is 4.74 Å². The molecule has 2 N–H and O–H groups in total. The van der Waals surface area contributed by atoms with Crippen molar-refractivity contribution in [1.29, 1.82) is 0 Å². The summed E-state index contributed by atoms with van der Waals surface area (Å²) < 4.78 is 6.22. The largest absolute Gasteiger partial charge is 0.484 e. The second-order valence-corrected chi connectivity index (χ2v) is 9.88. The summed E-state index contributed by atoms with van der Waals surface area (Å²) in [4.78, 5) is 12.2. The van der Waals surface area contributed by atoms with E-state index < -0.39 is 0 Å². The lowest BCUT2D eigenvalue weighted by molar-refractivity contribution is -0.124. The number of hydrogen-bond acceptors (Lipinski definition) is 5. The van der Waals surface area contributed by atoms with Gasteiger partial charge in [-0.25, -0.2) is 0 Å². The van der Waals surface area contributed by atoms with Crippen molar-refractivity contribution in [1.82, 2.24) is 10.6 Å². The molecule has 2 bridgehead atoms. The zero-order valence-electron chi connectivity index (χ0n) is 14.4. The molecule has 0 radical (unpaired) electrons. The number of hydrogen-bond donors (Lipinski definition) is 2. The molecule has 4 nitrogen and oxygen atoms in total. The van der Waals surface area contributed by atoms with Crippen LogP contribution in [-0.4, -0.2) is 42.1 Å². The average molecular weight is 379 g/mol. The first-order valence-electron chi connectivity index (χ1n) is 9.27. The summed E-state index contributed by atoms with van der Waals surface area (Å²) in [6.07, 6.45) is 5.90. The molecular formula is C19H26N2O2S2. The van der Waals surface area contributed by atoms with Gasteiger partial charge < -0.3 is 15.4 Å². The number of ether oxygens (including phenoxy) is 1. The first kappa shape index (κ1) is 17.6. The van der Waals surface area contributed by atoms with Crippen LogP contribution in [0.2, 0.25) is 0 Å². The van der Waals surface area contributed by atoms with E-state index in [1.807, 2.05) is 35.7 Å². The fourth-order valence-corrected chi connectivity index (χ4v) is 6.89. The molecule has 1 aromatic rings. The number of amides is 1. The quantitative estimate of drug-likeness (QED) is 0.823. The molecule has 1 amide bonds. The Morgan fingerprint density at radius 2 is 1.80 bits per heavy atom. The van der Waals surface area contributed by atoms with Crippen molar-refractivity contribution in [3.05, 3.63) is 29.8 Å². The minimum Gasteiger partial charge on any atom is -0.484 e. The number of benzene rings is 1. The smallest absolute Gasteiger partial charge is 0.258 e. The van der Waals surface area contributed by atoms with Gasteiger partial charge in [0.05, 0.1) is 4.58 Å². The van der Waals surface area contributed by atoms with E-state index >= 15 is 0 Å². The molecule has 3 heterocycles. The summed E-state index contributed by atoms with van der Waals surface area (Å²) in [6.45, 7) is 0.103. The van der Waals surface area contributed by atoms with E-state index in [0.717, 1.165) is 18.6 Å². The number of nitrogens with one attached hydrogen (secondary N) is 2. The van der Waals surface area contributed by atoms with Crippen LogP contribution in [0.15, 0.2) is 24.3 Å². The lowest BCUT2D eigenvalue weighted by atomic mass is 10.00. The first-order chi connectivity index (χ1) is 12.3. The maximum atomic E-state index is 12.2. The van der Waals surface area contributed by atoms with E-state index in [0.29, 0.717) is 22.7 Å². The summed E-state index contributed by atoms with van der Waals surface area (Å²) in [5.41, 5.74) is 1.34. The number of piperidine rings is 1. The van der Waals surface area contributed by atoms with E-state index in [1.165, 1.54) is 36.3 Å². The summed E-state index contributed by atoms with van der Waals surface area (Å²) >= 11 is 4.04. The van der Waals surface area contributed by atoms with Crippen molar-refractivity contribution in [3.8, 4) is 5.75 Å². The molecule has 0 saturated carbocycles. The molecule has 1 aromatic carbocycles. The highest BCUT2D eigenvalue weighted by Crippen LogP contribution is 2.43. The highest BCUT2D eigenvalue weighted by Gasteiger charge is 2.33. The van der Waals surface area contributed by atoms with Gasteiger partial charge in [-0.3, -0.25) is 4.79 Å². The molecule has 0 aliphatic carbocycles. The maximum Gasteiger partial charge on any atom is 0.258 e. The molecule has 3 saturated heterocycles. The zero-order valence-corrected chi connectivity index (χ0v) is 16.0. The van der Waals surface area contributed by atoms with Crippen molar-refractivity contribution >= 4 is 29.4 Å². The molecule has 0 spiro atoms. The Morgan fingerprint density at radius 3 is 2.48 bits per heavy atom. The summed E-state index contributed by atoms with van der Waals surface area (Å²) in [7, 11) is 0. The topological polar surface area (TPSA) is 50.4 Å². The lowest BCUT2D eigenvalue weighted by Gasteiger charge is -2.29. The van der Waals surface area contributed by atoms with Crippen molar-refractivity contribution in [3.63, 3.8) is 0 Å². The van der Waals surface area contributed by atoms with Crippen molar-refractivity contribution in [2.45, 2.75) is 54.8 Å². The SMILES string of the molecule is O=C(COc1ccc(C2SCCCS2)cc1)NC1CC2CCC(C1)N2. The zero-order chi connectivity index (χ0) is 17.1. The van der Waals surface area contributed by atoms with Crippen LogP contribution in [0, 0.1) is 0 Å². The number of fused-ring (bicyclic) bond motifs is 2. The predicted molar refractivity (Wildman–Crippen MR) is 105 cm³/mol. The average Bonchev–Trinajstić information content (AvgIpc) is 2.99. The van der Waals surface area contributed by atoms with Crippen LogP contribution in [0.3, 0.4) is 0 Å². The minimum atomic E-state index is -0.00577. The van der Waals surface area contributed by atoms with Gasteiger partial charge in [-0.15, -0.1) is 23.5 Å². The van der Waals surface area contributed by atoms with Crippen LogP contribution in [0.4, 0.5) is 0 Å². The number of carbonyl (C=O) groups is 1. The fourth-order valence-electron chi connectivity index (χ4n) is 3.99. The second-order valence-electron chi connectivity index (χ2n) is 7.16. The molecule has 136 valence electrons. The van der Waals surface area contributed by atoms with Gasteiger partial charge in [0.25, 0.3) is 5.91 Å². The van der Waals surface area contributed by atoms with E-state index in [-0.39, 0.29) is 12.5 Å². The third-order valence-corrected chi connectivity index (χ3v) is 8.20. The number of thioether (sulfide) groups is 2. The van der Waals surface area contributed by atoms with Gasteiger partial charge in [0, 0.05) is 18.1 Å². The molecule has 2 atom stereocenters. The molecule has 3 aliphatic heterocycles. The van der Waals surface area contributed by atoms with Crippen LogP contribution in [0.1, 0.15) is 42.2 Å². The van der Waals surface area contributed by atoms with Gasteiger partial charge in [0.1, 0.15) is 5.75 Å². The van der Waals surface area contributed by atoms with Gasteiger partial charge in [0.15, 0.2) is 6.61 Å². The molecule has 4 rings (SSSR count). The van der Waals surface area contributed by atoms with Crippen molar-refractivity contribution < 1.29 is 9.53 Å². The Morgan fingerprint density at radius 1 is 1.12 bits per heavy atom. The minimum absolute atomic E-state index is 0.00577. The Bertz CT molecular complexity index is 578. The molecule has 6 heteroatoms. The van der Waals surface area contributed by atoms with E-state index in [9.17, 15) is 4.79 Å². The summed E-state index contributed by atoms with van der Waals surface area (Å²) in [6, 6.07) is 9.73. The van der Waals surface area contributed by atoms with Gasteiger partial charge in [-0.2, -0.15) is 0 Å². The standard InChI is InChI=1S/C19H26N2O2S2/c22-18(21-16-10-14-4-5-15(11-16)20-14)12-23-17-6-2-13(3-7-17)19-24-8-1-9-25-19/h2-3,6-7,14-16,19-20H,1,4-5,8-12H2,(H,21,22). The lowest BCUT2D eigenvalue weighted by Crippen LogP contribution is -2.48. The molecular weight excluding hydrogens is 352 g/mol. The third-order valence-electron chi connectivity index (χ3n) is 5.19. The Kier molecular flexibility index (Phi) is 5.78. The van der Waals surface area contributed by atoms with Crippen molar-refractivity contribution in [2.75, 3.05) is 18.1 Å². The highest BCUT2D eigenvalue weighted by molar-refractivity contribution is 8.16. The fraction of sp³-hybridized carbons (Fsp3) is 0.632. The molecule has 0 aromatic heterocycles. The van der Waals surface area contributed by atoms with Gasteiger partial charge in [-0.1, -0.05) is 12.1 Å². The van der Waals surface area contributed by atoms with Crippen molar-refractivity contribution in [2.24, 2.45) is 0 Å². The molecule has 3 fully saturated rings. The van der Waals surface area contributed by atoms with Crippen LogP contribution in [0.25, 0.3) is 0 Å². The van der Waals surface area contributed by atoms with Gasteiger partial charge >= 0.3 is 0 Å². The molecule has 25 heavy (non-hydrogen) atoms. The Hall–Kier alpha value is -0.850. The third kappa shape index (κ3) is 4.66. The van der Waals surface area contributed by atoms with Crippen LogP contribution in [0.5, 0.6) is 5.75 Å². The molecule has 3 aliphatic rings. The molecule has 2 unspecified atom stereocenters. The normalized spacial score (nSPS) is 29.4. The highest BCUT2D eigenvalue weighted by atomic mass is 32.2. The maximum absolute atomic E-state index is 12.2. The van der Waals surface area contributed by atoms with E-state index in [1.54, 1.807) is 0 Å². The number of rotatable bonds is 5. The first-order valence-corrected chi connectivity index (χ1v) is 11.4. The second kappa shape index (κ2) is 8.23. The number of carbonyl (C=O) groups excluding carboxylic acids is 1. The van der Waals surface area contributed by atoms with Crippen LogP contribution in [-0.2, 0) is 4.79 Å². The van der Waals surface area contributed by atoms with Crippen LogP contribution < -0.4 is 15.4 Å². The Balaban J connectivity index is 1.23.